The molecule has 3 aliphatic rings. The zero-order valence-electron chi connectivity index (χ0n) is 23.5. The number of hydrogen-bond acceptors (Lipinski definition) is 7. The van der Waals surface area contributed by atoms with Crippen molar-refractivity contribution >= 4 is 5.97 Å². The van der Waals surface area contributed by atoms with E-state index in [-0.39, 0.29) is 43.0 Å². The minimum absolute atomic E-state index is 0.0258. The van der Waals surface area contributed by atoms with Crippen LogP contribution in [0.25, 0.3) is 0 Å². The van der Waals surface area contributed by atoms with E-state index in [9.17, 15) is 9.90 Å². The number of para-hydroxylation sites is 1. The normalized spacial score (nSPS) is 30.1. The van der Waals surface area contributed by atoms with Gasteiger partial charge in [0.2, 0.25) is 0 Å². The van der Waals surface area contributed by atoms with Gasteiger partial charge in [-0.1, -0.05) is 42.5 Å². The first-order chi connectivity index (χ1) is 19.6. The molecule has 1 saturated carbocycles. The third kappa shape index (κ3) is 10.3. The molecule has 2 unspecified atom stereocenters. The SMILES string of the molecule is O=C(O)CCC/C=C\C[C@@H]1[C@@H](/C=C/[C@H](COc2ccccc2)OC2CCCCO2)[C@H](OC2CCCCO2)C[C@H]1O. The molecule has 1 aliphatic carbocycles. The maximum Gasteiger partial charge on any atom is 0.303 e. The second-order valence-electron chi connectivity index (χ2n) is 11.0. The zero-order chi connectivity index (χ0) is 28.0. The highest BCUT2D eigenvalue weighted by molar-refractivity contribution is 5.66. The van der Waals surface area contributed by atoms with Crippen LogP contribution in [0.15, 0.2) is 54.6 Å². The molecular weight excluding hydrogens is 512 g/mol. The van der Waals surface area contributed by atoms with Crippen LogP contribution < -0.4 is 4.74 Å². The maximum atomic E-state index is 11.1. The Hall–Kier alpha value is -2.23. The fraction of sp³-hybridized carbons (Fsp3) is 0.656. The van der Waals surface area contributed by atoms with Crippen molar-refractivity contribution < 1.29 is 38.7 Å². The van der Waals surface area contributed by atoms with Crippen molar-refractivity contribution in [3.63, 3.8) is 0 Å². The zero-order valence-corrected chi connectivity index (χ0v) is 23.5. The Bertz CT molecular complexity index is 907. The highest BCUT2D eigenvalue weighted by Gasteiger charge is 2.42. The van der Waals surface area contributed by atoms with Crippen molar-refractivity contribution in [2.75, 3.05) is 19.8 Å². The van der Waals surface area contributed by atoms with Gasteiger partial charge in [-0.25, -0.2) is 0 Å². The molecule has 1 aromatic carbocycles. The van der Waals surface area contributed by atoms with Crippen molar-refractivity contribution in [3.8, 4) is 5.75 Å². The van der Waals surface area contributed by atoms with Crippen LogP contribution in [0, 0.1) is 11.8 Å². The van der Waals surface area contributed by atoms with E-state index in [1.165, 1.54) is 0 Å². The molecule has 0 amide bonds. The predicted molar refractivity (Wildman–Crippen MR) is 151 cm³/mol. The fourth-order valence-corrected chi connectivity index (χ4v) is 5.69. The molecular formula is C32H46O8. The number of benzene rings is 1. The van der Waals surface area contributed by atoms with Crippen LogP contribution in [0.5, 0.6) is 5.75 Å². The molecule has 222 valence electrons. The van der Waals surface area contributed by atoms with Crippen LogP contribution in [0.3, 0.4) is 0 Å². The molecule has 2 aliphatic heterocycles. The lowest BCUT2D eigenvalue weighted by Crippen LogP contribution is -2.32. The van der Waals surface area contributed by atoms with E-state index in [1.54, 1.807) is 0 Å². The molecule has 2 heterocycles. The van der Waals surface area contributed by atoms with Gasteiger partial charge >= 0.3 is 5.97 Å². The minimum atomic E-state index is -0.776. The van der Waals surface area contributed by atoms with Gasteiger partial charge in [0.15, 0.2) is 12.6 Å². The highest BCUT2D eigenvalue weighted by atomic mass is 16.7. The van der Waals surface area contributed by atoms with Crippen LogP contribution in [-0.2, 0) is 23.7 Å². The smallest absolute Gasteiger partial charge is 0.303 e. The van der Waals surface area contributed by atoms with Crippen LogP contribution in [0.2, 0.25) is 0 Å². The number of aliphatic carboxylic acids is 1. The number of unbranched alkanes of at least 4 members (excludes halogenated alkanes) is 1. The summed E-state index contributed by atoms with van der Waals surface area (Å²) in [5, 5.41) is 19.9. The second kappa shape index (κ2) is 16.9. The summed E-state index contributed by atoms with van der Waals surface area (Å²) in [5.74, 6) is -0.0465. The Balaban J connectivity index is 1.44. The van der Waals surface area contributed by atoms with E-state index in [2.05, 4.69) is 12.2 Å². The summed E-state index contributed by atoms with van der Waals surface area (Å²) < 4.78 is 30.5. The quantitative estimate of drug-likeness (QED) is 0.210. The van der Waals surface area contributed by atoms with Gasteiger partial charge in [-0.05, 0) is 75.8 Å². The summed E-state index contributed by atoms with van der Waals surface area (Å²) in [6.45, 7) is 1.76. The number of aliphatic hydroxyl groups is 1. The van der Waals surface area contributed by atoms with E-state index in [1.807, 2.05) is 42.5 Å². The average Bonchev–Trinajstić information content (AvgIpc) is 3.26. The van der Waals surface area contributed by atoms with Crippen LogP contribution >= 0.6 is 0 Å². The molecule has 4 rings (SSSR count). The van der Waals surface area contributed by atoms with Crippen molar-refractivity contribution in [1.29, 1.82) is 0 Å². The first-order valence-electron chi connectivity index (χ1n) is 15.0. The summed E-state index contributed by atoms with van der Waals surface area (Å²) in [4.78, 5) is 10.8. The lowest BCUT2D eigenvalue weighted by Gasteiger charge is -2.30. The molecule has 40 heavy (non-hydrogen) atoms. The molecule has 0 spiro atoms. The summed E-state index contributed by atoms with van der Waals surface area (Å²) >= 11 is 0. The molecule has 0 bridgehead atoms. The molecule has 0 radical (unpaired) electrons. The number of aliphatic hydroxyl groups excluding tert-OH is 1. The number of rotatable bonds is 15. The largest absolute Gasteiger partial charge is 0.491 e. The second-order valence-corrected chi connectivity index (χ2v) is 11.0. The summed E-state index contributed by atoms with van der Waals surface area (Å²) in [6, 6.07) is 9.70. The van der Waals surface area contributed by atoms with Crippen molar-refractivity contribution in [2.24, 2.45) is 11.8 Å². The van der Waals surface area contributed by atoms with E-state index < -0.39 is 12.1 Å². The first kappa shape index (κ1) is 30.7. The topological polar surface area (TPSA) is 104 Å². The Morgan fingerprint density at radius 1 is 1.02 bits per heavy atom. The van der Waals surface area contributed by atoms with Crippen molar-refractivity contribution in [2.45, 2.75) is 102 Å². The summed E-state index contributed by atoms with van der Waals surface area (Å²) in [6.07, 6.45) is 15.5. The number of ether oxygens (including phenoxy) is 5. The Morgan fingerprint density at radius 2 is 1.77 bits per heavy atom. The molecule has 8 nitrogen and oxygen atoms in total. The van der Waals surface area contributed by atoms with Gasteiger partial charge in [-0.3, -0.25) is 4.79 Å². The van der Waals surface area contributed by atoms with Gasteiger partial charge in [-0.2, -0.15) is 0 Å². The molecule has 8 heteroatoms. The van der Waals surface area contributed by atoms with E-state index in [4.69, 9.17) is 28.8 Å². The number of carboxylic acid groups (broad SMARTS) is 1. The monoisotopic (exact) mass is 558 g/mol. The predicted octanol–water partition coefficient (Wildman–Crippen LogP) is 5.64. The molecule has 2 saturated heterocycles. The lowest BCUT2D eigenvalue weighted by molar-refractivity contribution is -0.193. The standard InChI is InChI=1S/C32H46O8/c33-28-22-29(40-32-17-9-11-21-37-32)27(26(28)14-6-1-2-7-15-30(34)35)19-18-25(39-31-16-8-10-20-36-31)23-38-24-12-4-3-5-13-24/h1,3-6,12-13,18-19,25-29,31-33H,2,7-11,14-17,20-23H2,(H,34,35)/b6-1-,19-18+/t25-,26-,27-,28-,29-,31?,32?/m1/s1. The van der Waals surface area contributed by atoms with Crippen molar-refractivity contribution in [1.82, 2.24) is 0 Å². The molecule has 7 atom stereocenters. The van der Waals surface area contributed by atoms with Gasteiger partial charge in [0, 0.05) is 32.0 Å². The van der Waals surface area contributed by atoms with E-state index in [0.717, 1.165) is 44.3 Å². The molecule has 2 N–H and O–H groups in total. The summed E-state index contributed by atoms with van der Waals surface area (Å²) in [5.41, 5.74) is 0. The van der Waals surface area contributed by atoms with E-state index >= 15 is 0 Å². The maximum absolute atomic E-state index is 11.1. The van der Waals surface area contributed by atoms with Crippen LogP contribution in [0.4, 0.5) is 0 Å². The number of hydrogen-bond donors (Lipinski definition) is 2. The Labute approximate surface area is 238 Å². The fourth-order valence-electron chi connectivity index (χ4n) is 5.69. The molecule has 0 aromatic heterocycles. The number of carboxylic acids is 1. The highest BCUT2D eigenvalue weighted by Crippen LogP contribution is 2.39. The Kier molecular flexibility index (Phi) is 13.0. The van der Waals surface area contributed by atoms with Crippen LogP contribution in [0.1, 0.15) is 70.6 Å². The van der Waals surface area contributed by atoms with Gasteiger partial charge < -0.3 is 33.9 Å². The number of allylic oxidation sites excluding steroid dienone is 2. The number of carbonyl (C=O) groups is 1. The average molecular weight is 559 g/mol. The van der Waals surface area contributed by atoms with Crippen LogP contribution in [-0.4, -0.2) is 66.9 Å². The first-order valence-corrected chi connectivity index (χ1v) is 15.0. The minimum Gasteiger partial charge on any atom is -0.491 e. The summed E-state index contributed by atoms with van der Waals surface area (Å²) in [7, 11) is 0. The Morgan fingerprint density at radius 3 is 2.48 bits per heavy atom. The van der Waals surface area contributed by atoms with Gasteiger partial charge in [0.05, 0.1) is 12.2 Å². The van der Waals surface area contributed by atoms with Gasteiger partial charge in [0.25, 0.3) is 0 Å². The van der Waals surface area contributed by atoms with E-state index in [0.29, 0.717) is 45.5 Å². The third-order valence-corrected chi connectivity index (χ3v) is 7.86. The third-order valence-electron chi connectivity index (χ3n) is 7.86. The van der Waals surface area contributed by atoms with Gasteiger partial charge in [-0.15, -0.1) is 0 Å². The van der Waals surface area contributed by atoms with Gasteiger partial charge in [0.1, 0.15) is 18.5 Å². The van der Waals surface area contributed by atoms with Crippen molar-refractivity contribution in [3.05, 3.63) is 54.6 Å². The molecule has 1 aromatic rings. The molecule has 3 fully saturated rings. The lowest BCUT2D eigenvalue weighted by atomic mass is 9.89.